The molecule has 0 spiro atoms. The Kier molecular flexibility index (Phi) is 5.40. The third kappa shape index (κ3) is 4.33. The largest absolute Gasteiger partial charge is 0.416 e. The minimum Gasteiger partial charge on any atom is -0.257 e. The van der Waals surface area contributed by atoms with Crippen LogP contribution in [0.1, 0.15) is 29.2 Å². The van der Waals surface area contributed by atoms with E-state index in [0.717, 1.165) is 33.4 Å². The molecular formula is C22H15BrClF3N2. The molecule has 29 heavy (non-hydrogen) atoms. The zero-order valence-electron chi connectivity index (χ0n) is 15.0. The number of benzene rings is 3. The van der Waals surface area contributed by atoms with E-state index < -0.39 is 11.7 Å². The minimum atomic E-state index is -4.41. The summed E-state index contributed by atoms with van der Waals surface area (Å²) in [4.78, 5) is 0. The standard InChI is InChI=1S/C22H15BrClF3N2/c23-17-8-4-14(5-9-17)20-13-21(15-6-10-18(24)11-7-15)29(28-20)19-3-1-2-16(12-19)22(25,26)27/h1-12,21H,13H2/t21-/m0/s1. The number of nitrogens with zero attached hydrogens (tertiary/aromatic N) is 2. The number of hydrogen-bond acceptors (Lipinski definition) is 2. The Hall–Kier alpha value is -2.31. The van der Waals surface area contributed by atoms with Gasteiger partial charge in [0.05, 0.1) is 23.0 Å². The third-order valence-corrected chi connectivity index (χ3v) is 5.56. The lowest BCUT2D eigenvalue weighted by molar-refractivity contribution is -0.137. The van der Waals surface area contributed by atoms with Crippen molar-refractivity contribution < 1.29 is 13.2 Å². The summed E-state index contributed by atoms with van der Waals surface area (Å²) < 4.78 is 40.6. The maximum absolute atomic E-state index is 13.2. The number of anilines is 1. The lowest BCUT2D eigenvalue weighted by atomic mass is 9.98. The number of hydrazone groups is 1. The van der Waals surface area contributed by atoms with Crippen LogP contribution in [0, 0.1) is 0 Å². The lowest BCUT2D eigenvalue weighted by Gasteiger charge is -2.24. The van der Waals surface area contributed by atoms with Crippen molar-refractivity contribution in [3.8, 4) is 0 Å². The first kappa shape index (κ1) is 20.0. The van der Waals surface area contributed by atoms with Crippen LogP contribution in [-0.2, 0) is 6.18 Å². The van der Waals surface area contributed by atoms with Crippen molar-refractivity contribution in [3.05, 3.63) is 99.0 Å². The second-order valence-corrected chi connectivity index (χ2v) is 8.07. The number of hydrogen-bond donors (Lipinski definition) is 0. The molecule has 1 aliphatic rings. The summed E-state index contributed by atoms with van der Waals surface area (Å²) in [5.74, 6) is 0. The monoisotopic (exact) mass is 478 g/mol. The van der Waals surface area contributed by atoms with Crippen LogP contribution < -0.4 is 5.01 Å². The molecule has 3 aromatic carbocycles. The van der Waals surface area contributed by atoms with Crippen molar-refractivity contribution in [1.82, 2.24) is 0 Å². The van der Waals surface area contributed by atoms with Crippen LogP contribution in [0.25, 0.3) is 0 Å². The fourth-order valence-corrected chi connectivity index (χ4v) is 3.72. The van der Waals surface area contributed by atoms with Gasteiger partial charge < -0.3 is 0 Å². The molecule has 0 aliphatic carbocycles. The number of halogens is 5. The molecule has 0 aromatic heterocycles. The Labute approximate surface area is 179 Å². The summed E-state index contributed by atoms with van der Waals surface area (Å²) in [5, 5.41) is 6.96. The van der Waals surface area contributed by atoms with Gasteiger partial charge in [-0.05, 0) is 53.6 Å². The summed E-state index contributed by atoms with van der Waals surface area (Å²) in [6.07, 6.45) is -3.84. The highest BCUT2D eigenvalue weighted by molar-refractivity contribution is 9.10. The summed E-state index contributed by atoms with van der Waals surface area (Å²) >= 11 is 9.43. The van der Waals surface area contributed by atoms with Crippen LogP contribution in [-0.4, -0.2) is 5.71 Å². The maximum Gasteiger partial charge on any atom is 0.416 e. The molecule has 0 saturated heterocycles. The van der Waals surface area contributed by atoms with Gasteiger partial charge in [-0.1, -0.05) is 57.9 Å². The Balaban J connectivity index is 1.77. The Bertz CT molecular complexity index is 1050. The fourth-order valence-electron chi connectivity index (χ4n) is 3.33. The molecule has 4 rings (SSSR count). The fraction of sp³-hybridized carbons (Fsp3) is 0.136. The van der Waals surface area contributed by atoms with E-state index in [0.29, 0.717) is 17.1 Å². The van der Waals surface area contributed by atoms with Gasteiger partial charge in [0.25, 0.3) is 0 Å². The topological polar surface area (TPSA) is 15.6 Å². The second-order valence-electron chi connectivity index (χ2n) is 6.72. The Morgan fingerprint density at radius 3 is 2.31 bits per heavy atom. The van der Waals surface area contributed by atoms with Crippen LogP contribution in [0.15, 0.2) is 82.4 Å². The van der Waals surface area contributed by atoms with Gasteiger partial charge in [-0.25, -0.2) is 0 Å². The van der Waals surface area contributed by atoms with Gasteiger partial charge in [0.2, 0.25) is 0 Å². The van der Waals surface area contributed by atoms with Gasteiger partial charge in [0.1, 0.15) is 0 Å². The summed E-state index contributed by atoms with van der Waals surface area (Å²) in [7, 11) is 0. The minimum absolute atomic E-state index is 0.227. The summed E-state index contributed by atoms with van der Waals surface area (Å²) in [5.41, 5.74) is 2.38. The molecule has 0 fully saturated rings. The van der Waals surface area contributed by atoms with E-state index in [9.17, 15) is 13.2 Å². The first-order chi connectivity index (χ1) is 13.8. The van der Waals surface area contributed by atoms with E-state index in [1.54, 1.807) is 23.2 Å². The average Bonchev–Trinajstić information content (AvgIpc) is 3.14. The lowest BCUT2D eigenvalue weighted by Crippen LogP contribution is -2.19. The number of alkyl halides is 3. The maximum atomic E-state index is 13.2. The van der Waals surface area contributed by atoms with Crippen molar-refractivity contribution in [1.29, 1.82) is 0 Å². The first-order valence-electron chi connectivity index (χ1n) is 8.86. The highest BCUT2D eigenvalue weighted by Crippen LogP contribution is 2.39. The predicted molar refractivity (Wildman–Crippen MR) is 113 cm³/mol. The normalized spacial score (nSPS) is 16.8. The van der Waals surface area contributed by atoms with Gasteiger partial charge in [-0.3, -0.25) is 5.01 Å². The van der Waals surface area contributed by atoms with Crippen LogP contribution >= 0.6 is 27.5 Å². The average molecular weight is 480 g/mol. The van der Waals surface area contributed by atoms with E-state index in [2.05, 4.69) is 15.9 Å². The van der Waals surface area contributed by atoms with Gasteiger partial charge in [-0.15, -0.1) is 0 Å². The molecule has 2 nitrogen and oxygen atoms in total. The van der Waals surface area contributed by atoms with Crippen molar-refractivity contribution >= 4 is 38.9 Å². The molecule has 3 aromatic rings. The third-order valence-electron chi connectivity index (χ3n) is 4.78. The van der Waals surface area contributed by atoms with Crippen LogP contribution in [0.3, 0.4) is 0 Å². The van der Waals surface area contributed by atoms with E-state index in [1.165, 1.54) is 6.07 Å². The zero-order valence-corrected chi connectivity index (χ0v) is 17.3. The van der Waals surface area contributed by atoms with Gasteiger partial charge in [0.15, 0.2) is 0 Å². The SMILES string of the molecule is FC(F)(F)c1cccc(N2N=C(c3ccc(Br)cc3)C[C@H]2c2ccc(Cl)cc2)c1. The molecule has 0 N–H and O–H groups in total. The molecule has 1 heterocycles. The first-order valence-corrected chi connectivity index (χ1v) is 10.0. The molecule has 7 heteroatoms. The predicted octanol–water partition coefficient (Wildman–Crippen LogP) is 7.48. The Morgan fingerprint density at radius 1 is 0.966 bits per heavy atom. The highest BCUT2D eigenvalue weighted by atomic mass is 79.9. The van der Waals surface area contributed by atoms with Gasteiger partial charge in [-0.2, -0.15) is 18.3 Å². The van der Waals surface area contributed by atoms with Crippen LogP contribution in [0.2, 0.25) is 5.02 Å². The van der Waals surface area contributed by atoms with Crippen molar-refractivity contribution in [2.75, 3.05) is 5.01 Å². The van der Waals surface area contributed by atoms with Gasteiger partial charge >= 0.3 is 6.18 Å². The molecule has 148 valence electrons. The molecule has 0 radical (unpaired) electrons. The molecule has 1 atom stereocenters. The second kappa shape index (κ2) is 7.84. The zero-order chi connectivity index (χ0) is 20.6. The van der Waals surface area contributed by atoms with E-state index in [4.69, 9.17) is 16.7 Å². The molecule has 0 bridgehead atoms. The Morgan fingerprint density at radius 2 is 1.66 bits per heavy atom. The molecule has 1 aliphatic heterocycles. The molecule has 0 unspecified atom stereocenters. The quantitative estimate of drug-likeness (QED) is 0.380. The number of rotatable bonds is 3. The summed E-state index contributed by atoms with van der Waals surface area (Å²) in [6.45, 7) is 0. The van der Waals surface area contributed by atoms with E-state index in [1.807, 2.05) is 36.4 Å². The summed E-state index contributed by atoms with van der Waals surface area (Å²) in [6, 6.07) is 20.1. The highest BCUT2D eigenvalue weighted by Gasteiger charge is 2.34. The van der Waals surface area contributed by atoms with Crippen molar-refractivity contribution in [2.24, 2.45) is 5.10 Å². The van der Waals surface area contributed by atoms with E-state index >= 15 is 0 Å². The van der Waals surface area contributed by atoms with Crippen LogP contribution in [0.5, 0.6) is 0 Å². The van der Waals surface area contributed by atoms with E-state index in [-0.39, 0.29) is 6.04 Å². The molecule has 0 amide bonds. The smallest absolute Gasteiger partial charge is 0.257 e. The van der Waals surface area contributed by atoms with Crippen molar-refractivity contribution in [3.63, 3.8) is 0 Å². The molecular weight excluding hydrogens is 465 g/mol. The van der Waals surface area contributed by atoms with Crippen LogP contribution in [0.4, 0.5) is 18.9 Å². The van der Waals surface area contributed by atoms with Crippen molar-refractivity contribution in [2.45, 2.75) is 18.6 Å². The molecule has 0 saturated carbocycles. The van der Waals surface area contributed by atoms with Gasteiger partial charge in [0, 0.05) is 15.9 Å².